The van der Waals surface area contributed by atoms with Crippen molar-refractivity contribution in [1.29, 1.82) is 0 Å². The van der Waals surface area contributed by atoms with Gasteiger partial charge in [0.05, 0.1) is 18.2 Å². The Morgan fingerprint density at radius 3 is 3.14 bits per heavy atom. The smallest absolute Gasteiger partial charge is 0.139 e. The Morgan fingerprint density at radius 2 is 2.24 bits per heavy atom. The van der Waals surface area contributed by atoms with Crippen molar-refractivity contribution >= 4 is 0 Å². The molecule has 0 saturated heterocycles. The van der Waals surface area contributed by atoms with E-state index in [-0.39, 0.29) is 5.92 Å². The van der Waals surface area contributed by atoms with E-state index in [9.17, 15) is 0 Å². The lowest BCUT2D eigenvalue weighted by molar-refractivity contribution is 0.199. The first-order valence-corrected chi connectivity index (χ1v) is 7.11. The monoisotopic (exact) mass is 285 g/mol. The second-order valence-corrected chi connectivity index (χ2v) is 4.98. The summed E-state index contributed by atoms with van der Waals surface area (Å²) in [5.41, 5.74) is 2.16. The van der Waals surface area contributed by atoms with Crippen LogP contribution >= 0.6 is 0 Å². The predicted molar refractivity (Wildman–Crippen MR) is 79.4 cm³/mol. The van der Waals surface area contributed by atoms with E-state index in [0.717, 1.165) is 23.8 Å². The first-order valence-electron chi connectivity index (χ1n) is 7.11. The molecule has 1 N–H and O–H groups in total. The van der Waals surface area contributed by atoms with Crippen LogP contribution in [0.3, 0.4) is 0 Å². The predicted octanol–water partition coefficient (Wildman–Crippen LogP) is 1.74. The van der Waals surface area contributed by atoms with Crippen molar-refractivity contribution in [1.82, 2.24) is 15.3 Å². The first kappa shape index (κ1) is 14.0. The zero-order valence-electron chi connectivity index (χ0n) is 12.1. The Hall–Kier alpha value is -1.98. The molecule has 0 fully saturated rings. The molecule has 1 aromatic heterocycles. The summed E-state index contributed by atoms with van der Waals surface area (Å²) in [6.45, 7) is 2.83. The van der Waals surface area contributed by atoms with Crippen molar-refractivity contribution in [3.63, 3.8) is 0 Å². The van der Waals surface area contributed by atoms with Crippen LogP contribution in [0.4, 0.5) is 0 Å². The summed E-state index contributed by atoms with van der Waals surface area (Å²) in [6.07, 6.45) is 1.82. The second kappa shape index (κ2) is 6.65. The lowest BCUT2D eigenvalue weighted by Gasteiger charge is -2.09. The Morgan fingerprint density at radius 1 is 1.33 bits per heavy atom. The average Bonchev–Trinajstić information content (AvgIpc) is 2.96. The lowest BCUT2D eigenvalue weighted by atomic mass is 10.0. The number of para-hydroxylation sites is 1. The van der Waals surface area contributed by atoms with Gasteiger partial charge in [-0.3, -0.25) is 0 Å². The third-order valence-electron chi connectivity index (χ3n) is 3.53. The largest absolute Gasteiger partial charge is 0.492 e. The Balaban J connectivity index is 1.72. The van der Waals surface area contributed by atoms with Crippen LogP contribution in [-0.4, -0.2) is 36.8 Å². The lowest BCUT2D eigenvalue weighted by Crippen LogP contribution is -2.20. The topological polar surface area (TPSA) is 56.3 Å². The number of benzene rings is 1. The van der Waals surface area contributed by atoms with Gasteiger partial charge in [0.25, 0.3) is 0 Å². The maximum absolute atomic E-state index is 5.71. The Bertz CT molecular complexity index is 604. The highest BCUT2D eigenvalue weighted by molar-refractivity contribution is 5.42. The van der Waals surface area contributed by atoms with Gasteiger partial charge in [0, 0.05) is 32.0 Å². The van der Waals surface area contributed by atoms with E-state index in [2.05, 4.69) is 21.4 Å². The number of hydrogen-bond acceptors (Lipinski definition) is 5. The molecular weight excluding hydrogens is 266 g/mol. The molecular formula is C16H19N3O2. The van der Waals surface area contributed by atoms with Gasteiger partial charge in [-0.05, 0) is 12.1 Å². The van der Waals surface area contributed by atoms with Crippen LogP contribution in [0, 0.1) is 0 Å². The number of nitrogens with zero attached hydrogens (tertiary/aromatic N) is 2. The number of nitrogens with one attached hydrogen (secondary N) is 1. The molecule has 5 heteroatoms. The van der Waals surface area contributed by atoms with Gasteiger partial charge in [-0.25, -0.2) is 9.97 Å². The van der Waals surface area contributed by atoms with E-state index in [0.29, 0.717) is 19.8 Å². The highest BCUT2D eigenvalue weighted by atomic mass is 16.5. The molecule has 1 aromatic carbocycles. The Labute approximate surface area is 124 Å². The van der Waals surface area contributed by atoms with Crippen molar-refractivity contribution < 1.29 is 9.47 Å². The fourth-order valence-corrected chi connectivity index (χ4v) is 2.45. The van der Waals surface area contributed by atoms with Crippen molar-refractivity contribution in [2.45, 2.75) is 12.5 Å². The summed E-state index contributed by atoms with van der Waals surface area (Å²) in [5, 5.41) is 3.29. The van der Waals surface area contributed by atoms with Crippen LogP contribution < -0.4 is 10.1 Å². The van der Waals surface area contributed by atoms with Gasteiger partial charge in [0.15, 0.2) is 0 Å². The van der Waals surface area contributed by atoms with Gasteiger partial charge in [-0.15, -0.1) is 0 Å². The van der Waals surface area contributed by atoms with Crippen molar-refractivity contribution in [3.05, 3.63) is 53.6 Å². The van der Waals surface area contributed by atoms with Gasteiger partial charge in [0.2, 0.25) is 0 Å². The molecule has 3 rings (SSSR count). The highest BCUT2D eigenvalue weighted by Gasteiger charge is 2.27. The van der Waals surface area contributed by atoms with Gasteiger partial charge in [-0.2, -0.15) is 0 Å². The highest BCUT2D eigenvalue weighted by Crippen LogP contribution is 2.36. The quantitative estimate of drug-likeness (QED) is 0.819. The molecule has 21 heavy (non-hydrogen) atoms. The van der Waals surface area contributed by atoms with Crippen molar-refractivity contribution in [2.24, 2.45) is 0 Å². The number of rotatable bonds is 6. The van der Waals surface area contributed by atoms with Crippen molar-refractivity contribution in [2.75, 3.05) is 26.9 Å². The van der Waals surface area contributed by atoms with Crippen LogP contribution in [0.15, 0.2) is 36.5 Å². The van der Waals surface area contributed by atoms with Crippen LogP contribution in [0.1, 0.15) is 23.0 Å². The molecule has 0 radical (unpaired) electrons. The molecule has 0 spiro atoms. The fraction of sp³-hybridized carbons (Fsp3) is 0.375. The van der Waals surface area contributed by atoms with E-state index >= 15 is 0 Å². The van der Waals surface area contributed by atoms with Crippen LogP contribution in [0.2, 0.25) is 0 Å². The second-order valence-electron chi connectivity index (χ2n) is 4.98. The summed E-state index contributed by atoms with van der Waals surface area (Å²) in [7, 11) is 1.70. The molecule has 0 amide bonds. The fourth-order valence-electron chi connectivity index (χ4n) is 2.45. The number of aromatic nitrogens is 2. The molecule has 1 aliphatic heterocycles. The van der Waals surface area contributed by atoms with E-state index in [1.54, 1.807) is 7.11 Å². The molecule has 2 heterocycles. The zero-order chi connectivity index (χ0) is 14.5. The van der Waals surface area contributed by atoms with Crippen LogP contribution in [0.5, 0.6) is 5.75 Å². The van der Waals surface area contributed by atoms with E-state index in [4.69, 9.17) is 9.47 Å². The minimum Gasteiger partial charge on any atom is -0.492 e. The van der Waals surface area contributed by atoms with Crippen molar-refractivity contribution in [3.8, 4) is 5.75 Å². The molecule has 0 saturated carbocycles. The van der Waals surface area contributed by atoms with Gasteiger partial charge in [0.1, 0.15) is 18.2 Å². The van der Waals surface area contributed by atoms with Gasteiger partial charge >= 0.3 is 0 Å². The minimum absolute atomic E-state index is 0.125. The number of ether oxygens (including phenoxy) is 2. The summed E-state index contributed by atoms with van der Waals surface area (Å²) in [5.74, 6) is 1.89. The standard InChI is InChI=1S/C16H19N3O2/c1-20-9-8-17-10-12-6-7-18-16(19-12)14-11-21-15-5-3-2-4-13(14)15/h2-7,14,17H,8-11H2,1H3. The first-order chi connectivity index (χ1) is 10.4. The number of fused-ring (bicyclic) bond motifs is 1. The third kappa shape index (κ3) is 3.20. The summed E-state index contributed by atoms with van der Waals surface area (Å²) in [6, 6.07) is 10.0. The van der Waals surface area contributed by atoms with Gasteiger partial charge in [-0.1, -0.05) is 18.2 Å². The number of methoxy groups -OCH3 is 1. The molecule has 110 valence electrons. The van der Waals surface area contributed by atoms with E-state index in [1.165, 1.54) is 5.56 Å². The molecule has 0 bridgehead atoms. The molecule has 2 aromatic rings. The maximum Gasteiger partial charge on any atom is 0.139 e. The van der Waals surface area contributed by atoms with Crippen LogP contribution in [0.25, 0.3) is 0 Å². The third-order valence-corrected chi connectivity index (χ3v) is 3.53. The van der Waals surface area contributed by atoms with E-state index in [1.807, 2.05) is 30.5 Å². The van der Waals surface area contributed by atoms with E-state index < -0.39 is 0 Å². The molecule has 5 nitrogen and oxygen atoms in total. The summed E-state index contributed by atoms with van der Waals surface area (Å²) >= 11 is 0. The average molecular weight is 285 g/mol. The normalized spacial score (nSPS) is 16.5. The molecule has 1 aliphatic rings. The molecule has 1 atom stereocenters. The number of hydrogen-bond donors (Lipinski definition) is 1. The molecule has 1 unspecified atom stereocenters. The summed E-state index contributed by atoms with van der Waals surface area (Å²) in [4.78, 5) is 9.08. The molecule has 0 aliphatic carbocycles. The van der Waals surface area contributed by atoms with Gasteiger partial charge < -0.3 is 14.8 Å². The maximum atomic E-state index is 5.71. The summed E-state index contributed by atoms with van der Waals surface area (Å²) < 4.78 is 10.7. The Kier molecular flexibility index (Phi) is 4.43. The SMILES string of the molecule is COCCNCc1ccnc(C2COc3ccccc32)n1. The minimum atomic E-state index is 0.125. The van der Waals surface area contributed by atoms with Crippen LogP contribution in [-0.2, 0) is 11.3 Å². The zero-order valence-corrected chi connectivity index (χ0v) is 12.1.